The maximum atomic E-state index is 12.1. The molecule has 5 nitrogen and oxygen atoms in total. The van der Waals surface area contributed by atoms with Crippen molar-refractivity contribution >= 4 is 27.7 Å². The van der Waals surface area contributed by atoms with Gasteiger partial charge in [-0.25, -0.2) is 0 Å². The molecule has 1 N–H and O–H groups in total. The predicted octanol–water partition coefficient (Wildman–Crippen LogP) is 2.68. The smallest absolute Gasteiger partial charge is 0.243 e. The second-order valence-electron chi connectivity index (χ2n) is 4.90. The fraction of sp³-hybridized carbons (Fsp3) is 0.538. The normalized spacial score (nSPS) is 18.5. The van der Waals surface area contributed by atoms with E-state index in [4.69, 9.17) is 4.52 Å². The number of aryl methyl sites for hydroxylation is 1. The van der Waals surface area contributed by atoms with E-state index in [2.05, 4.69) is 38.2 Å². The summed E-state index contributed by atoms with van der Waals surface area (Å²) >= 11 is 3.56. The summed E-state index contributed by atoms with van der Waals surface area (Å²) in [5.41, 5.74) is 2.11. The maximum absolute atomic E-state index is 12.1. The molecule has 19 heavy (non-hydrogen) atoms. The molecule has 104 valence electrons. The number of aromatic nitrogens is 1. The molecule has 2 heterocycles. The van der Waals surface area contributed by atoms with Crippen LogP contribution in [-0.4, -0.2) is 35.1 Å². The van der Waals surface area contributed by atoms with E-state index in [9.17, 15) is 4.79 Å². The van der Waals surface area contributed by atoms with Crippen LogP contribution in [0.5, 0.6) is 0 Å². The third-order valence-electron chi connectivity index (χ3n) is 3.38. The van der Waals surface area contributed by atoms with Gasteiger partial charge in [-0.05, 0) is 27.2 Å². The summed E-state index contributed by atoms with van der Waals surface area (Å²) < 4.78 is 6.17. The van der Waals surface area contributed by atoms with Crippen LogP contribution in [0.4, 0.5) is 5.88 Å². The molecule has 0 saturated heterocycles. The van der Waals surface area contributed by atoms with Gasteiger partial charge in [0.15, 0.2) is 0 Å². The van der Waals surface area contributed by atoms with E-state index in [1.54, 1.807) is 6.07 Å². The Hall–Kier alpha value is -1.14. The molecule has 1 aliphatic rings. The second kappa shape index (κ2) is 5.88. The molecule has 1 aromatic heterocycles. The van der Waals surface area contributed by atoms with Crippen LogP contribution in [0.3, 0.4) is 0 Å². The lowest BCUT2D eigenvalue weighted by molar-refractivity contribution is -0.120. The second-order valence-corrected chi connectivity index (χ2v) is 5.86. The van der Waals surface area contributed by atoms with Crippen molar-refractivity contribution < 1.29 is 9.32 Å². The summed E-state index contributed by atoms with van der Waals surface area (Å²) in [4.78, 5) is 14.3. The summed E-state index contributed by atoms with van der Waals surface area (Å²) in [7, 11) is 0. The third kappa shape index (κ3) is 3.45. The van der Waals surface area contributed by atoms with Gasteiger partial charge in [0.05, 0.1) is 11.7 Å². The molecule has 0 bridgehead atoms. The lowest BCUT2D eigenvalue weighted by Crippen LogP contribution is -2.44. The molecule has 1 amide bonds. The topological polar surface area (TPSA) is 58.4 Å². The summed E-state index contributed by atoms with van der Waals surface area (Å²) in [5, 5.41) is 6.49. The van der Waals surface area contributed by atoms with Gasteiger partial charge in [-0.3, -0.25) is 15.0 Å². The molecular formula is C13H18BrN3O2. The molecule has 1 atom stereocenters. The van der Waals surface area contributed by atoms with Crippen molar-refractivity contribution in [2.24, 2.45) is 0 Å². The number of hydrogen-bond acceptors (Lipinski definition) is 4. The van der Waals surface area contributed by atoms with E-state index in [0.29, 0.717) is 5.88 Å². The Morgan fingerprint density at radius 3 is 2.89 bits per heavy atom. The van der Waals surface area contributed by atoms with E-state index in [1.807, 2.05) is 13.8 Å². The first-order valence-corrected chi connectivity index (χ1v) is 7.09. The van der Waals surface area contributed by atoms with Crippen molar-refractivity contribution in [1.82, 2.24) is 10.1 Å². The average Bonchev–Trinajstić information content (AvgIpc) is 2.77. The minimum absolute atomic E-state index is 0.0731. The monoisotopic (exact) mass is 327 g/mol. The average molecular weight is 328 g/mol. The Bertz CT molecular complexity index is 510. The lowest BCUT2D eigenvalue weighted by Gasteiger charge is -2.31. The molecule has 0 aliphatic carbocycles. The first kappa shape index (κ1) is 14.3. The Balaban J connectivity index is 1.96. The fourth-order valence-electron chi connectivity index (χ4n) is 1.98. The van der Waals surface area contributed by atoms with Crippen LogP contribution < -0.4 is 5.32 Å². The largest absolute Gasteiger partial charge is 0.338 e. The zero-order valence-corrected chi connectivity index (χ0v) is 13.0. The molecule has 0 radical (unpaired) electrons. The summed E-state index contributed by atoms with van der Waals surface area (Å²) in [6.07, 6.45) is 0.986. The minimum Gasteiger partial charge on any atom is -0.338 e. The highest BCUT2D eigenvalue weighted by Crippen LogP contribution is 2.23. The molecule has 0 aromatic carbocycles. The van der Waals surface area contributed by atoms with Crippen molar-refractivity contribution in [2.75, 3.05) is 18.4 Å². The zero-order chi connectivity index (χ0) is 14.0. The maximum Gasteiger partial charge on any atom is 0.243 e. The van der Waals surface area contributed by atoms with Crippen LogP contribution in [-0.2, 0) is 4.79 Å². The standard InChI is InChI=1S/C13H18BrN3O2/c1-8-4-5-17(7-11(8)14)10(3)13(18)15-12-6-9(2)16-19-12/h6,10H,4-5,7H2,1-3H3,(H,15,18)/t10-/m1/s1. The van der Waals surface area contributed by atoms with E-state index < -0.39 is 0 Å². The zero-order valence-electron chi connectivity index (χ0n) is 11.4. The van der Waals surface area contributed by atoms with Gasteiger partial charge >= 0.3 is 0 Å². The Morgan fingerprint density at radius 2 is 2.32 bits per heavy atom. The number of anilines is 1. The quantitative estimate of drug-likeness (QED) is 0.927. The van der Waals surface area contributed by atoms with Crippen LogP contribution in [0.1, 0.15) is 26.0 Å². The van der Waals surface area contributed by atoms with Gasteiger partial charge in [0.1, 0.15) is 0 Å². The summed E-state index contributed by atoms with van der Waals surface area (Å²) in [6.45, 7) is 7.50. The molecule has 1 aliphatic heterocycles. The Kier molecular flexibility index (Phi) is 4.42. The van der Waals surface area contributed by atoms with E-state index in [-0.39, 0.29) is 11.9 Å². The minimum atomic E-state index is -0.203. The van der Waals surface area contributed by atoms with Gasteiger partial charge in [-0.1, -0.05) is 26.7 Å². The molecule has 0 fully saturated rings. The molecule has 2 rings (SSSR count). The van der Waals surface area contributed by atoms with E-state index in [1.165, 1.54) is 10.1 Å². The van der Waals surface area contributed by atoms with Crippen LogP contribution in [0, 0.1) is 6.92 Å². The van der Waals surface area contributed by atoms with Crippen molar-refractivity contribution in [2.45, 2.75) is 33.2 Å². The van der Waals surface area contributed by atoms with Crippen LogP contribution in [0.2, 0.25) is 0 Å². The van der Waals surface area contributed by atoms with Gasteiger partial charge in [0.2, 0.25) is 11.8 Å². The van der Waals surface area contributed by atoms with E-state index >= 15 is 0 Å². The number of halogens is 1. The predicted molar refractivity (Wildman–Crippen MR) is 77.1 cm³/mol. The number of amides is 1. The van der Waals surface area contributed by atoms with Gasteiger partial charge < -0.3 is 4.52 Å². The number of nitrogens with zero attached hydrogens (tertiary/aromatic N) is 2. The number of rotatable bonds is 3. The fourth-order valence-corrected chi connectivity index (χ4v) is 2.50. The van der Waals surface area contributed by atoms with Crippen molar-refractivity contribution in [3.63, 3.8) is 0 Å². The molecule has 6 heteroatoms. The number of carbonyl (C=O) groups is 1. The third-order valence-corrected chi connectivity index (χ3v) is 4.31. The molecular weight excluding hydrogens is 310 g/mol. The van der Waals surface area contributed by atoms with Crippen molar-refractivity contribution in [3.8, 4) is 0 Å². The number of nitrogens with one attached hydrogen (secondary N) is 1. The van der Waals surface area contributed by atoms with Crippen molar-refractivity contribution in [1.29, 1.82) is 0 Å². The summed E-state index contributed by atoms with van der Waals surface area (Å²) in [6, 6.07) is 1.51. The lowest BCUT2D eigenvalue weighted by atomic mass is 10.1. The molecule has 0 unspecified atom stereocenters. The van der Waals surface area contributed by atoms with Crippen LogP contribution >= 0.6 is 15.9 Å². The highest BCUT2D eigenvalue weighted by molar-refractivity contribution is 9.11. The number of carbonyl (C=O) groups excluding carboxylic acids is 1. The first-order valence-electron chi connectivity index (χ1n) is 6.29. The highest BCUT2D eigenvalue weighted by atomic mass is 79.9. The molecule has 0 spiro atoms. The van der Waals surface area contributed by atoms with Crippen LogP contribution in [0.15, 0.2) is 20.6 Å². The Labute approximate surface area is 121 Å². The van der Waals surface area contributed by atoms with Gasteiger partial charge in [-0.15, -0.1) is 0 Å². The van der Waals surface area contributed by atoms with Gasteiger partial charge in [-0.2, -0.15) is 0 Å². The SMILES string of the molecule is CC1=C(Br)CN([C@H](C)C(=O)Nc2cc(C)no2)CC1. The van der Waals surface area contributed by atoms with Gasteiger partial charge in [0.25, 0.3) is 0 Å². The highest BCUT2D eigenvalue weighted by Gasteiger charge is 2.25. The molecule has 0 saturated carbocycles. The first-order chi connectivity index (χ1) is 8.97. The Morgan fingerprint density at radius 1 is 1.58 bits per heavy atom. The van der Waals surface area contributed by atoms with E-state index in [0.717, 1.165) is 25.2 Å². The number of hydrogen-bond donors (Lipinski definition) is 1. The molecule has 1 aromatic rings. The van der Waals surface area contributed by atoms with Crippen molar-refractivity contribution in [3.05, 3.63) is 21.8 Å². The van der Waals surface area contributed by atoms with Gasteiger partial charge in [0, 0.05) is 23.6 Å². The summed E-state index contributed by atoms with van der Waals surface area (Å²) in [5.74, 6) is 0.327. The van der Waals surface area contributed by atoms with Crippen LogP contribution in [0.25, 0.3) is 0 Å².